The van der Waals surface area contributed by atoms with Gasteiger partial charge in [0.25, 0.3) is 0 Å². The lowest BCUT2D eigenvalue weighted by Gasteiger charge is -2.35. The van der Waals surface area contributed by atoms with Crippen molar-refractivity contribution in [3.63, 3.8) is 0 Å². The van der Waals surface area contributed by atoms with Gasteiger partial charge in [0.1, 0.15) is 23.7 Å². The summed E-state index contributed by atoms with van der Waals surface area (Å²) in [6.07, 6.45) is 4.93. The Morgan fingerprint density at radius 3 is 2.05 bits per heavy atom. The van der Waals surface area contributed by atoms with Gasteiger partial charge in [-0.05, 0) is 96.2 Å². The molecule has 10 rings (SSSR count). The Morgan fingerprint density at radius 2 is 1.40 bits per heavy atom. The number of ether oxygens (including phenoxy) is 2. The summed E-state index contributed by atoms with van der Waals surface area (Å²) in [5.41, 5.74) is 5.38. The SMILES string of the molecule is COC(=O)N[C@H](C(=O)N1[C@@H]2C[C@@H]2C[C@H]1c1nc(-c2ccc3cc(-c4ccc(-c5[nH]c([C@@H]6C[C@H]7C[C@H]7N6C(=O)[C@@H](NC(=O)O)C(C)C)nc5Cl)cc4)ccc3c2)c[nH]1)C1CCOCC1. The van der Waals surface area contributed by atoms with Gasteiger partial charge in [-0.3, -0.25) is 9.59 Å². The number of carboxylic acid groups (broad SMARTS) is 1. The van der Waals surface area contributed by atoms with Crippen LogP contribution in [-0.4, -0.2) is 103 Å². The highest BCUT2D eigenvalue weighted by Gasteiger charge is 2.58. The van der Waals surface area contributed by atoms with Crippen molar-refractivity contribution >= 4 is 46.4 Å². The first kappa shape index (κ1) is 41.1. The number of amides is 4. The molecule has 2 aromatic heterocycles. The third-order valence-electron chi connectivity index (χ3n) is 13.9. The van der Waals surface area contributed by atoms with Gasteiger partial charge >= 0.3 is 12.2 Å². The minimum absolute atomic E-state index is 0.0284. The average molecular weight is 875 g/mol. The Balaban J connectivity index is 0.834. The number of carbonyl (C=O) groups excluding carboxylic acids is 3. The van der Waals surface area contributed by atoms with Crippen LogP contribution in [0.15, 0.2) is 66.9 Å². The summed E-state index contributed by atoms with van der Waals surface area (Å²) in [7, 11) is 1.32. The summed E-state index contributed by atoms with van der Waals surface area (Å²) in [5.74, 6) is 1.60. The predicted octanol–water partition coefficient (Wildman–Crippen LogP) is 7.71. The smallest absolute Gasteiger partial charge is 0.407 e. The topological polar surface area (TPSA) is 195 Å². The number of nitrogens with one attached hydrogen (secondary N) is 4. The van der Waals surface area contributed by atoms with Crippen LogP contribution < -0.4 is 10.6 Å². The van der Waals surface area contributed by atoms with Crippen LogP contribution in [0.3, 0.4) is 0 Å². The first-order valence-electron chi connectivity index (χ1n) is 22.0. The number of halogens is 1. The number of aromatic nitrogens is 4. The molecule has 328 valence electrons. The van der Waals surface area contributed by atoms with Crippen LogP contribution >= 0.6 is 11.6 Å². The van der Waals surface area contributed by atoms with E-state index in [1.807, 2.05) is 42.0 Å². The standard InChI is InChI=1S/C47H51ClN8O7/c1-23(2)38(52-46(59)60)44(57)56-35-19-32(35)21-37(56)43-51-39(41(48)54-43)25-6-4-24(5-7-25)27-8-9-29-17-30(11-10-28(29)16-27)33-22-49-42(50-33)36-20-31-18-34(31)55(36)45(58)40(53-47(61)62-3)26-12-14-63-15-13-26/h4-11,16-17,22-23,26,31-32,34-38,40,52H,12-15,18-21H2,1-3H3,(H,49,50)(H,51,54)(H,53,61)(H,59,60)/t31-,32-,34-,35-,36+,37+,38+,40+/m1/s1. The predicted molar refractivity (Wildman–Crippen MR) is 234 cm³/mol. The van der Waals surface area contributed by atoms with Crippen molar-refractivity contribution in [2.75, 3.05) is 20.3 Å². The second-order valence-electron chi connectivity index (χ2n) is 18.2. The average Bonchev–Trinajstić information content (AvgIpc) is 3.93. The summed E-state index contributed by atoms with van der Waals surface area (Å²) in [6.45, 7) is 4.79. The Kier molecular flexibility index (Phi) is 10.6. The number of hydrogen-bond acceptors (Lipinski definition) is 8. The molecule has 8 atom stereocenters. The number of alkyl carbamates (subject to hydrolysis) is 1. The first-order chi connectivity index (χ1) is 30.4. The maximum Gasteiger partial charge on any atom is 0.407 e. The van der Waals surface area contributed by atoms with E-state index in [1.54, 1.807) is 0 Å². The molecule has 16 heteroatoms. The summed E-state index contributed by atoms with van der Waals surface area (Å²) in [4.78, 5) is 72.1. The zero-order valence-electron chi connectivity index (χ0n) is 35.3. The molecule has 5 fully saturated rings. The number of fused-ring (bicyclic) bond motifs is 3. The fraction of sp³-hybridized carbons (Fsp3) is 0.447. The zero-order chi connectivity index (χ0) is 43.7. The monoisotopic (exact) mass is 874 g/mol. The first-order valence-corrected chi connectivity index (χ1v) is 22.3. The second-order valence-corrected chi connectivity index (χ2v) is 18.5. The molecule has 63 heavy (non-hydrogen) atoms. The fourth-order valence-electron chi connectivity index (χ4n) is 10.4. The van der Waals surface area contributed by atoms with Gasteiger partial charge in [-0.25, -0.2) is 19.6 Å². The number of benzene rings is 3. The van der Waals surface area contributed by atoms with Crippen LogP contribution in [0.1, 0.15) is 76.1 Å². The van der Waals surface area contributed by atoms with Crippen molar-refractivity contribution in [2.24, 2.45) is 23.7 Å². The van der Waals surface area contributed by atoms with E-state index in [0.29, 0.717) is 54.6 Å². The molecule has 2 saturated carbocycles. The van der Waals surface area contributed by atoms with Crippen LogP contribution in [0, 0.1) is 23.7 Å². The number of likely N-dealkylation sites (tertiary alicyclic amines) is 2. The van der Waals surface area contributed by atoms with Crippen molar-refractivity contribution in [3.8, 4) is 33.6 Å². The van der Waals surface area contributed by atoms with Crippen LogP contribution in [0.4, 0.5) is 9.59 Å². The number of hydrogen-bond donors (Lipinski definition) is 5. The Morgan fingerprint density at radius 1 is 0.794 bits per heavy atom. The molecule has 15 nitrogen and oxygen atoms in total. The molecular formula is C47H51ClN8O7. The molecule has 5 heterocycles. The fourth-order valence-corrected chi connectivity index (χ4v) is 10.7. The normalized spacial score (nSPS) is 24.8. The third-order valence-corrected chi connectivity index (χ3v) is 14.2. The Labute approximate surface area is 369 Å². The van der Waals surface area contributed by atoms with Crippen LogP contribution in [0.5, 0.6) is 0 Å². The number of methoxy groups -OCH3 is 1. The van der Waals surface area contributed by atoms with E-state index in [9.17, 15) is 24.3 Å². The molecule has 0 spiro atoms. The van der Waals surface area contributed by atoms with Crippen LogP contribution in [-0.2, 0) is 19.1 Å². The van der Waals surface area contributed by atoms with Crippen molar-refractivity contribution in [1.29, 1.82) is 0 Å². The number of rotatable bonds is 11. The van der Waals surface area contributed by atoms with E-state index in [2.05, 4.69) is 74.1 Å². The Hall–Kier alpha value is -5.93. The lowest BCUT2D eigenvalue weighted by atomic mass is 9.90. The van der Waals surface area contributed by atoms with E-state index in [0.717, 1.165) is 70.2 Å². The number of nitrogens with zero attached hydrogens (tertiary/aromatic N) is 4. The number of imidazole rings is 2. The van der Waals surface area contributed by atoms with Gasteiger partial charge < -0.3 is 45.0 Å². The lowest BCUT2D eigenvalue weighted by molar-refractivity contribution is -0.138. The van der Waals surface area contributed by atoms with Gasteiger partial charge in [0, 0.05) is 42.6 Å². The van der Waals surface area contributed by atoms with Crippen molar-refractivity contribution in [3.05, 3.63) is 83.7 Å². The van der Waals surface area contributed by atoms with Gasteiger partial charge in [-0.1, -0.05) is 74.0 Å². The van der Waals surface area contributed by atoms with E-state index in [-0.39, 0.29) is 47.8 Å². The number of H-pyrrole nitrogens is 2. The molecule has 2 aliphatic carbocycles. The third kappa shape index (κ3) is 7.79. The van der Waals surface area contributed by atoms with Gasteiger partial charge in [-0.15, -0.1) is 0 Å². The molecule has 5 aliphatic rings. The molecule has 3 aromatic carbocycles. The molecule has 0 unspecified atom stereocenters. The quantitative estimate of drug-likeness (QED) is 0.0884. The highest BCUT2D eigenvalue weighted by atomic mass is 35.5. The molecule has 0 bridgehead atoms. The van der Waals surface area contributed by atoms with Crippen molar-refractivity contribution in [1.82, 2.24) is 40.4 Å². The maximum atomic E-state index is 14.2. The minimum atomic E-state index is -1.22. The van der Waals surface area contributed by atoms with Crippen molar-refractivity contribution in [2.45, 2.75) is 88.6 Å². The number of aromatic amines is 2. The maximum absolute atomic E-state index is 14.2. The van der Waals surface area contributed by atoms with Gasteiger partial charge in [0.2, 0.25) is 11.8 Å². The van der Waals surface area contributed by atoms with Gasteiger partial charge in [0.15, 0.2) is 5.15 Å². The highest BCUT2D eigenvalue weighted by Crippen LogP contribution is 2.55. The molecule has 4 amide bonds. The van der Waals surface area contributed by atoms with E-state index >= 15 is 0 Å². The largest absolute Gasteiger partial charge is 0.465 e. The summed E-state index contributed by atoms with van der Waals surface area (Å²) < 4.78 is 10.5. The van der Waals surface area contributed by atoms with Crippen molar-refractivity contribution < 1.29 is 33.8 Å². The molecular weight excluding hydrogens is 824 g/mol. The summed E-state index contributed by atoms with van der Waals surface area (Å²) in [5, 5.41) is 17.1. The second kappa shape index (κ2) is 16.3. The van der Waals surface area contributed by atoms with E-state index in [1.165, 1.54) is 7.11 Å². The van der Waals surface area contributed by atoms with Crippen LogP contribution in [0.25, 0.3) is 44.4 Å². The summed E-state index contributed by atoms with van der Waals surface area (Å²) >= 11 is 6.73. The van der Waals surface area contributed by atoms with Gasteiger partial charge in [0.05, 0.1) is 30.6 Å². The number of carbonyl (C=O) groups is 4. The summed E-state index contributed by atoms with van der Waals surface area (Å²) in [6, 6.07) is 19.0. The minimum Gasteiger partial charge on any atom is -0.465 e. The lowest BCUT2D eigenvalue weighted by Crippen LogP contribution is -2.54. The molecule has 0 radical (unpaired) electrons. The zero-order valence-corrected chi connectivity index (χ0v) is 36.1. The van der Waals surface area contributed by atoms with Gasteiger partial charge in [-0.2, -0.15) is 0 Å². The van der Waals surface area contributed by atoms with E-state index in [4.69, 9.17) is 26.1 Å². The van der Waals surface area contributed by atoms with Crippen LogP contribution in [0.2, 0.25) is 5.15 Å². The molecule has 3 saturated heterocycles. The molecule has 5 aromatic rings. The molecule has 5 N–H and O–H groups in total. The Bertz CT molecular complexity index is 2590. The van der Waals surface area contributed by atoms with E-state index < -0.39 is 24.3 Å². The molecule has 3 aliphatic heterocycles. The highest BCUT2D eigenvalue weighted by molar-refractivity contribution is 6.32. The number of piperidine rings is 2.